The van der Waals surface area contributed by atoms with Crippen LogP contribution in [0.2, 0.25) is 0 Å². The molecule has 0 aliphatic carbocycles. The van der Waals surface area contributed by atoms with Crippen molar-refractivity contribution in [2.24, 2.45) is 0 Å². The number of hydrogen-bond acceptors (Lipinski definition) is 7. The third-order valence-electron chi connectivity index (χ3n) is 4.61. The van der Waals surface area contributed by atoms with Crippen molar-refractivity contribution in [2.75, 3.05) is 43.0 Å². The summed E-state index contributed by atoms with van der Waals surface area (Å²) in [6, 6.07) is 7.77. The predicted octanol–water partition coefficient (Wildman–Crippen LogP) is 1.51. The topological polar surface area (TPSA) is 117 Å². The lowest BCUT2D eigenvalue weighted by Crippen LogP contribution is -2.50. The molecule has 0 atom stereocenters. The number of amides is 3. The van der Waals surface area contributed by atoms with Gasteiger partial charge in [0.2, 0.25) is 5.95 Å². The second kappa shape index (κ2) is 10.4. The maximum Gasteiger partial charge on any atom is 0.340 e. The molecule has 31 heavy (non-hydrogen) atoms. The van der Waals surface area contributed by atoms with E-state index in [9.17, 15) is 14.4 Å². The second-order valence-electron chi connectivity index (χ2n) is 7.29. The van der Waals surface area contributed by atoms with E-state index in [4.69, 9.17) is 4.74 Å². The highest BCUT2D eigenvalue weighted by Crippen LogP contribution is 2.16. The second-order valence-corrected chi connectivity index (χ2v) is 7.29. The molecule has 0 bridgehead atoms. The third-order valence-corrected chi connectivity index (χ3v) is 4.61. The first-order chi connectivity index (χ1) is 14.9. The fourth-order valence-corrected chi connectivity index (χ4v) is 3.10. The first-order valence-electron chi connectivity index (χ1n) is 10.1. The predicted molar refractivity (Wildman–Crippen MR) is 115 cm³/mol. The maximum atomic E-state index is 12.5. The first kappa shape index (κ1) is 22.0. The van der Waals surface area contributed by atoms with Gasteiger partial charge in [-0.3, -0.25) is 4.79 Å². The van der Waals surface area contributed by atoms with Gasteiger partial charge in [-0.1, -0.05) is 12.1 Å². The minimum atomic E-state index is -0.676. The molecule has 1 aromatic carbocycles. The first-order valence-corrected chi connectivity index (χ1v) is 10.1. The van der Waals surface area contributed by atoms with E-state index in [1.165, 1.54) is 6.07 Å². The summed E-state index contributed by atoms with van der Waals surface area (Å²) >= 11 is 0. The van der Waals surface area contributed by atoms with Crippen LogP contribution in [0.25, 0.3) is 0 Å². The molecule has 1 saturated heterocycles. The zero-order valence-electron chi connectivity index (χ0n) is 17.6. The summed E-state index contributed by atoms with van der Waals surface area (Å²) in [5, 5.41) is 5.32. The van der Waals surface area contributed by atoms with Gasteiger partial charge in [0.25, 0.3) is 5.91 Å². The Bertz CT molecular complexity index is 913. The number of esters is 1. The van der Waals surface area contributed by atoms with E-state index < -0.39 is 12.0 Å². The number of hydrogen-bond donors (Lipinski definition) is 2. The van der Waals surface area contributed by atoms with E-state index in [0.29, 0.717) is 37.8 Å². The van der Waals surface area contributed by atoms with Gasteiger partial charge in [0.1, 0.15) is 0 Å². The molecule has 2 N–H and O–H groups in total. The van der Waals surface area contributed by atoms with Crippen LogP contribution >= 0.6 is 0 Å². The summed E-state index contributed by atoms with van der Waals surface area (Å²) in [6.07, 6.45) is 3.36. The lowest BCUT2D eigenvalue weighted by atomic mass is 10.2. The zero-order valence-corrected chi connectivity index (χ0v) is 17.6. The number of urea groups is 1. The molecule has 3 amide bonds. The van der Waals surface area contributed by atoms with Crippen molar-refractivity contribution < 1.29 is 19.1 Å². The standard InChI is InChI=1S/C21H26N6O4/c1-15(2)24-21(30)25-17-7-4-3-6-16(17)19(29)31-14-18(28)26-10-12-27(13-11-26)20-22-8-5-9-23-20/h3-9,15H,10-14H2,1-2H3,(H2,24,25,30). The van der Waals surface area contributed by atoms with Gasteiger partial charge in [0.15, 0.2) is 6.61 Å². The minimum absolute atomic E-state index is 0.0503. The van der Waals surface area contributed by atoms with Crippen LogP contribution in [0.1, 0.15) is 24.2 Å². The number of carbonyl (C=O) groups excluding carboxylic acids is 3. The van der Waals surface area contributed by atoms with Crippen molar-refractivity contribution >= 4 is 29.5 Å². The molecular formula is C21H26N6O4. The SMILES string of the molecule is CC(C)NC(=O)Nc1ccccc1C(=O)OCC(=O)N1CCN(c2ncccn2)CC1. The molecule has 164 valence electrons. The molecule has 3 rings (SSSR count). The number of nitrogens with one attached hydrogen (secondary N) is 2. The molecule has 10 nitrogen and oxygen atoms in total. The number of ether oxygens (including phenoxy) is 1. The summed E-state index contributed by atoms with van der Waals surface area (Å²) in [5.41, 5.74) is 0.495. The van der Waals surface area contributed by atoms with Crippen molar-refractivity contribution in [2.45, 2.75) is 19.9 Å². The van der Waals surface area contributed by atoms with Gasteiger partial charge >= 0.3 is 12.0 Å². The van der Waals surface area contributed by atoms with Crippen molar-refractivity contribution in [3.05, 3.63) is 48.3 Å². The molecular weight excluding hydrogens is 400 g/mol. The van der Waals surface area contributed by atoms with Crippen LogP contribution in [0, 0.1) is 0 Å². The van der Waals surface area contributed by atoms with Gasteiger partial charge in [-0.15, -0.1) is 0 Å². The fourth-order valence-electron chi connectivity index (χ4n) is 3.10. The van der Waals surface area contributed by atoms with Crippen LogP contribution in [0.4, 0.5) is 16.4 Å². The van der Waals surface area contributed by atoms with Crippen LogP contribution in [0.15, 0.2) is 42.7 Å². The van der Waals surface area contributed by atoms with Gasteiger partial charge in [0, 0.05) is 44.6 Å². The van der Waals surface area contributed by atoms with Crippen molar-refractivity contribution in [3.63, 3.8) is 0 Å². The summed E-state index contributed by atoms with van der Waals surface area (Å²) < 4.78 is 5.22. The number of para-hydroxylation sites is 1. The molecule has 2 aromatic rings. The monoisotopic (exact) mass is 426 g/mol. The highest BCUT2D eigenvalue weighted by atomic mass is 16.5. The Morgan fingerprint density at radius 2 is 1.71 bits per heavy atom. The Labute approximate surface area is 180 Å². The van der Waals surface area contributed by atoms with E-state index >= 15 is 0 Å². The van der Waals surface area contributed by atoms with Crippen LogP contribution in [0.3, 0.4) is 0 Å². The van der Waals surface area contributed by atoms with E-state index in [-0.39, 0.29) is 24.1 Å². The van der Waals surface area contributed by atoms with Gasteiger partial charge in [0.05, 0.1) is 11.3 Å². The van der Waals surface area contributed by atoms with Crippen LogP contribution in [-0.2, 0) is 9.53 Å². The summed E-state index contributed by atoms with van der Waals surface area (Å²) in [7, 11) is 0. The quantitative estimate of drug-likeness (QED) is 0.673. The Hall–Kier alpha value is -3.69. The Morgan fingerprint density at radius 3 is 2.39 bits per heavy atom. The van der Waals surface area contributed by atoms with Crippen molar-refractivity contribution in [1.29, 1.82) is 0 Å². The number of carbonyl (C=O) groups is 3. The summed E-state index contributed by atoms with van der Waals surface area (Å²) in [5.74, 6) is -0.318. The summed E-state index contributed by atoms with van der Waals surface area (Å²) in [6.45, 7) is 5.47. The van der Waals surface area contributed by atoms with Crippen LogP contribution < -0.4 is 15.5 Å². The number of aromatic nitrogens is 2. The van der Waals surface area contributed by atoms with Gasteiger partial charge in [-0.2, -0.15) is 0 Å². The average Bonchev–Trinajstić information content (AvgIpc) is 2.77. The molecule has 1 aliphatic rings. The van der Waals surface area contributed by atoms with E-state index in [1.807, 2.05) is 18.7 Å². The smallest absolute Gasteiger partial charge is 0.340 e. The van der Waals surface area contributed by atoms with Gasteiger partial charge in [-0.05, 0) is 32.0 Å². The number of piperazine rings is 1. The highest BCUT2D eigenvalue weighted by molar-refractivity contribution is 6.01. The molecule has 1 aliphatic heterocycles. The molecule has 0 unspecified atom stereocenters. The van der Waals surface area contributed by atoms with Crippen molar-refractivity contribution in [3.8, 4) is 0 Å². The fraction of sp³-hybridized carbons (Fsp3) is 0.381. The van der Waals surface area contributed by atoms with E-state index in [2.05, 4.69) is 20.6 Å². The minimum Gasteiger partial charge on any atom is -0.452 e. The lowest BCUT2D eigenvalue weighted by Gasteiger charge is -2.34. The van der Waals surface area contributed by atoms with Crippen LogP contribution in [-0.4, -0.2) is 71.6 Å². The molecule has 1 fully saturated rings. The Morgan fingerprint density at radius 1 is 1.03 bits per heavy atom. The Balaban J connectivity index is 1.51. The van der Waals surface area contributed by atoms with Crippen molar-refractivity contribution in [1.82, 2.24) is 20.2 Å². The van der Waals surface area contributed by atoms with E-state index in [0.717, 1.165) is 0 Å². The number of benzene rings is 1. The molecule has 10 heteroatoms. The highest BCUT2D eigenvalue weighted by Gasteiger charge is 2.24. The maximum absolute atomic E-state index is 12.5. The zero-order chi connectivity index (χ0) is 22.2. The largest absolute Gasteiger partial charge is 0.452 e. The van der Waals surface area contributed by atoms with Gasteiger partial charge in [-0.25, -0.2) is 19.6 Å². The molecule has 2 heterocycles. The number of anilines is 2. The number of rotatable bonds is 6. The molecule has 0 saturated carbocycles. The number of nitrogens with zero attached hydrogens (tertiary/aromatic N) is 4. The third kappa shape index (κ3) is 6.14. The van der Waals surface area contributed by atoms with E-state index in [1.54, 1.807) is 41.6 Å². The summed E-state index contributed by atoms with van der Waals surface area (Å²) in [4.78, 5) is 49.0. The lowest BCUT2D eigenvalue weighted by molar-refractivity contribution is -0.134. The van der Waals surface area contributed by atoms with Crippen LogP contribution in [0.5, 0.6) is 0 Å². The normalized spacial score (nSPS) is 13.6. The molecule has 0 radical (unpaired) electrons. The molecule has 1 aromatic heterocycles. The average molecular weight is 426 g/mol. The molecule has 0 spiro atoms. The van der Waals surface area contributed by atoms with Gasteiger partial charge < -0.3 is 25.2 Å². The Kier molecular flexibility index (Phi) is 7.36.